The molecule has 0 heterocycles. The molecule has 1 amide bonds. The maximum Gasteiger partial charge on any atom is 0.216 e. The minimum absolute atomic E-state index is 0.0576. The molecule has 0 radical (unpaired) electrons. The van der Waals surface area contributed by atoms with Gasteiger partial charge in [-0.2, -0.15) is 0 Å². The largest absolute Gasteiger partial charge is 0.382 e. The van der Waals surface area contributed by atoms with Crippen molar-refractivity contribution in [2.45, 2.75) is 6.92 Å². The molecule has 11 nitrogen and oxygen atoms in total. The Kier molecular flexibility index (Phi) is 27.4. The average molecular weight is 470 g/mol. The molecule has 0 aliphatic heterocycles. The van der Waals surface area contributed by atoms with Crippen LogP contribution < -0.4 is 5.32 Å². The van der Waals surface area contributed by atoms with Crippen LogP contribution in [0.2, 0.25) is 0 Å². The van der Waals surface area contributed by atoms with Gasteiger partial charge in [0.05, 0.1) is 112 Å². The number of nitrogens with one attached hydrogen (secondary N) is 1. The highest BCUT2D eigenvalue weighted by atomic mass is 16.6. The third kappa shape index (κ3) is 29.1. The number of ether oxygens (including phenoxy) is 9. The highest BCUT2D eigenvalue weighted by Crippen LogP contribution is 1.85. The molecule has 0 fully saturated rings. The number of hydrogen-bond acceptors (Lipinski definition) is 10. The van der Waals surface area contributed by atoms with E-state index in [-0.39, 0.29) is 5.91 Å². The number of hydrogen-bond donors (Lipinski definition) is 1. The smallest absolute Gasteiger partial charge is 0.216 e. The standard InChI is InChI=1S/C21H43NO10/c1-21(23)22-3-4-25-7-8-27-11-12-29-15-16-31-19-20-32-18-17-30-14-13-28-10-9-26-6-5-24-2/h3-20H2,1-2H3,(H,22,23). The summed E-state index contributed by atoms with van der Waals surface area (Å²) >= 11 is 0. The Morgan fingerprint density at radius 1 is 0.469 bits per heavy atom. The number of methoxy groups -OCH3 is 1. The fourth-order valence-electron chi connectivity index (χ4n) is 2.08. The molecule has 0 saturated heterocycles. The topological polar surface area (TPSA) is 112 Å². The predicted octanol–water partition coefficient (Wildman–Crippen LogP) is -0.0983. The number of carbonyl (C=O) groups excluding carboxylic acids is 1. The van der Waals surface area contributed by atoms with Crippen LogP contribution in [0.5, 0.6) is 0 Å². The summed E-state index contributed by atoms with van der Waals surface area (Å²) in [6.45, 7) is 10.9. The van der Waals surface area contributed by atoms with E-state index < -0.39 is 0 Å². The van der Waals surface area contributed by atoms with E-state index in [1.54, 1.807) is 7.11 Å². The predicted molar refractivity (Wildman–Crippen MR) is 117 cm³/mol. The average Bonchev–Trinajstić information content (AvgIpc) is 2.78. The zero-order valence-corrected chi connectivity index (χ0v) is 19.8. The van der Waals surface area contributed by atoms with Gasteiger partial charge in [0.1, 0.15) is 0 Å². The van der Waals surface area contributed by atoms with Crippen LogP contribution in [0, 0.1) is 0 Å². The van der Waals surface area contributed by atoms with Gasteiger partial charge in [-0.1, -0.05) is 0 Å². The van der Waals surface area contributed by atoms with Crippen molar-refractivity contribution >= 4 is 5.91 Å². The molecule has 0 atom stereocenters. The first kappa shape index (κ1) is 31.1. The molecule has 1 N–H and O–H groups in total. The number of rotatable bonds is 27. The van der Waals surface area contributed by atoms with Crippen molar-refractivity contribution in [3.63, 3.8) is 0 Å². The molecule has 0 aromatic rings. The van der Waals surface area contributed by atoms with Crippen LogP contribution in [0.4, 0.5) is 0 Å². The zero-order valence-electron chi connectivity index (χ0n) is 19.8. The molecule has 0 saturated carbocycles. The second kappa shape index (κ2) is 28.1. The summed E-state index contributed by atoms with van der Waals surface area (Å²) in [6, 6.07) is 0. The lowest BCUT2D eigenvalue weighted by Crippen LogP contribution is -2.25. The number of carbonyl (C=O) groups is 1. The third-order valence-electron chi connectivity index (χ3n) is 3.66. The Morgan fingerprint density at radius 3 is 0.969 bits per heavy atom. The lowest BCUT2D eigenvalue weighted by Gasteiger charge is -2.08. The molecule has 0 aromatic heterocycles. The minimum atomic E-state index is -0.0576. The van der Waals surface area contributed by atoms with Crippen LogP contribution in [0.15, 0.2) is 0 Å². The second-order valence-electron chi connectivity index (χ2n) is 6.37. The maximum absolute atomic E-state index is 10.7. The van der Waals surface area contributed by atoms with E-state index in [1.807, 2.05) is 0 Å². The molecule has 0 aliphatic rings. The molecule has 0 unspecified atom stereocenters. The Morgan fingerprint density at radius 2 is 0.719 bits per heavy atom. The van der Waals surface area contributed by atoms with Gasteiger partial charge in [-0.25, -0.2) is 0 Å². The van der Waals surface area contributed by atoms with E-state index in [2.05, 4.69) is 5.32 Å². The molecule has 0 aromatic carbocycles. The summed E-state index contributed by atoms with van der Waals surface area (Å²) in [7, 11) is 1.64. The van der Waals surface area contributed by atoms with E-state index >= 15 is 0 Å². The zero-order chi connectivity index (χ0) is 23.4. The SMILES string of the molecule is COCCOCCOCCOCCOCCOCCOCCOCCOCCNC(C)=O. The first-order valence-electron chi connectivity index (χ1n) is 11.1. The first-order valence-corrected chi connectivity index (χ1v) is 11.1. The van der Waals surface area contributed by atoms with Gasteiger partial charge in [0.25, 0.3) is 0 Å². The van der Waals surface area contributed by atoms with Crippen molar-refractivity contribution in [1.29, 1.82) is 0 Å². The van der Waals surface area contributed by atoms with Gasteiger partial charge in [0, 0.05) is 20.6 Å². The molecule has 11 heteroatoms. The van der Waals surface area contributed by atoms with Crippen LogP contribution >= 0.6 is 0 Å². The summed E-state index contributed by atoms with van der Waals surface area (Å²) in [4.78, 5) is 10.7. The highest BCUT2D eigenvalue weighted by Gasteiger charge is 1.95. The molecule has 192 valence electrons. The molecule has 0 spiro atoms. The van der Waals surface area contributed by atoms with E-state index in [4.69, 9.17) is 42.6 Å². The van der Waals surface area contributed by atoms with E-state index in [0.717, 1.165) is 0 Å². The van der Waals surface area contributed by atoms with Crippen molar-refractivity contribution in [3.8, 4) is 0 Å². The molecular formula is C21H43NO10. The van der Waals surface area contributed by atoms with Gasteiger partial charge < -0.3 is 47.9 Å². The van der Waals surface area contributed by atoms with Gasteiger partial charge in [-0.15, -0.1) is 0 Å². The third-order valence-corrected chi connectivity index (χ3v) is 3.66. The van der Waals surface area contributed by atoms with Crippen LogP contribution in [-0.4, -0.2) is 132 Å². The molecule has 0 aliphatic carbocycles. The summed E-state index contributed by atoms with van der Waals surface area (Å²) < 4.78 is 47.8. The summed E-state index contributed by atoms with van der Waals surface area (Å²) in [5.74, 6) is -0.0576. The van der Waals surface area contributed by atoms with Crippen molar-refractivity contribution in [2.24, 2.45) is 0 Å². The minimum Gasteiger partial charge on any atom is -0.382 e. The van der Waals surface area contributed by atoms with Gasteiger partial charge >= 0.3 is 0 Å². The van der Waals surface area contributed by atoms with E-state index in [9.17, 15) is 4.79 Å². The highest BCUT2D eigenvalue weighted by molar-refractivity contribution is 5.72. The normalized spacial score (nSPS) is 11.2. The van der Waals surface area contributed by atoms with E-state index in [0.29, 0.717) is 119 Å². The van der Waals surface area contributed by atoms with Crippen LogP contribution in [-0.2, 0) is 47.4 Å². The van der Waals surface area contributed by atoms with E-state index in [1.165, 1.54) is 6.92 Å². The van der Waals surface area contributed by atoms with Gasteiger partial charge in [0.15, 0.2) is 0 Å². The Balaban J connectivity index is 3.00. The van der Waals surface area contributed by atoms with Gasteiger partial charge in [0.2, 0.25) is 5.91 Å². The van der Waals surface area contributed by atoms with Crippen LogP contribution in [0.1, 0.15) is 6.92 Å². The fraction of sp³-hybridized carbons (Fsp3) is 0.952. The lowest BCUT2D eigenvalue weighted by atomic mass is 10.6. The summed E-state index contributed by atoms with van der Waals surface area (Å²) in [5.41, 5.74) is 0. The number of amides is 1. The lowest BCUT2D eigenvalue weighted by molar-refractivity contribution is -0.119. The maximum atomic E-state index is 10.7. The van der Waals surface area contributed by atoms with Crippen LogP contribution in [0.25, 0.3) is 0 Å². The summed E-state index contributed by atoms with van der Waals surface area (Å²) in [5, 5.41) is 2.65. The molecule has 0 rings (SSSR count). The Hall–Kier alpha value is -0.890. The second-order valence-corrected chi connectivity index (χ2v) is 6.37. The van der Waals surface area contributed by atoms with Crippen molar-refractivity contribution in [1.82, 2.24) is 5.32 Å². The molecular weight excluding hydrogens is 426 g/mol. The van der Waals surface area contributed by atoms with Gasteiger partial charge in [-0.05, 0) is 0 Å². The van der Waals surface area contributed by atoms with Crippen LogP contribution in [0.3, 0.4) is 0 Å². The first-order chi connectivity index (χ1) is 15.8. The van der Waals surface area contributed by atoms with Crippen molar-refractivity contribution in [2.75, 3.05) is 126 Å². The summed E-state index contributed by atoms with van der Waals surface area (Å²) in [6.07, 6.45) is 0. The quantitative estimate of drug-likeness (QED) is 0.164. The fourth-order valence-corrected chi connectivity index (χ4v) is 2.08. The Labute approximate surface area is 192 Å². The van der Waals surface area contributed by atoms with Gasteiger partial charge in [-0.3, -0.25) is 4.79 Å². The monoisotopic (exact) mass is 469 g/mol. The van der Waals surface area contributed by atoms with Crippen molar-refractivity contribution in [3.05, 3.63) is 0 Å². The Bertz CT molecular complexity index is 376. The molecule has 0 bridgehead atoms. The van der Waals surface area contributed by atoms with Crippen molar-refractivity contribution < 1.29 is 47.4 Å². The molecule has 32 heavy (non-hydrogen) atoms.